The van der Waals surface area contributed by atoms with E-state index in [4.69, 9.17) is 9.47 Å². The van der Waals surface area contributed by atoms with Gasteiger partial charge in [-0.3, -0.25) is 4.79 Å². The van der Waals surface area contributed by atoms with Crippen LogP contribution in [0.25, 0.3) is 16.7 Å². The van der Waals surface area contributed by atoms with Crippen LogP contribution < -0.4 is 9.47 Å². The highest BCUT2D eigenvalue weighted by Gasteiger charge is 2.28. The maximum atomic E-state index is 14.8. The van der Waals surface area contributed by atoms with E-state index >= 15 is 0 Å². The Hall–Kier alpha value is -3.79. The molecular weight excluding hydrogens is 538 g/mol. The topological polar surface area (TPSA) is 55.8 Å². The first-order valence-corrected chi connectivity index (χ1v) is 12.7. The third-order valence-electron chi connectivity index (χ3n) is 6.84. The first-order valence-electron chi connectivity index (χ1n) is 12.7. The van der Waals surface area contributed by atoms with Crippen LogP contribution in [0.1, 0.15) is 56.8 Å². The van der Waals surface area contributed by atoms with Gasteiger partial charge in [-0.2, -0.15) is 8.78 Å². The first kappa shape index (κ1) is 29.2. The highest BCUT2D eigenvalue weighted by molar-refractivity contribution is 5.78. The van der Waals surface area contributed by atoms with E-state index in [0.29, 0.717) is 5.57 Å². The Kier molecular flexibility index (Phi) is 8.88. The number of rotatable bonds is 8. The Morgan fingerprint density at radius 1 is 0.825 bits per heavy atom. The number of hydrogen-bond acceptors (Lipinski definition) is 4. The lowest BCUT2D eigenvalue weighted by Gasteiger charge is -2.22. The van der Waals surface area contributed by atoms with Gasteiger partial charge in [0.2, 0.25) is 11.6 Å². The number of hydrogen-bond donors (Lipinski definition) is 1. The van der Waals surface area contributed by atoms with Crippen LogP contribution in [-0.4, -0.2) is 17.7 Å². The smallest absolute Gasteiger partial charge is 0.314 e. The molecule has 1 aliphatic rings. The van der Waals surface area contributed by atoms with Crippen molar-refractivity contribution in [2.45, 2.75) is 45.6 Å². The van der Waals surface area contributed by atoms with Crippen molar-refractivity contribution >= 4 is 11.5 Å². The number of benzene rings is 3. The second-order valence-corrected chi connectivity index (χ2v) is 9.29. The summed E-state index contributed by atoms with van der Waals surface area (Å²) in [5.74, 6) is -10.8. The molecular formula is C30H26F6O4. The molecule has 0 radical (unpaired) electrons. The lowest BCUT2D eigenvalue weighted by atomic mass is 9.86. The monoisotopic (exact) mass is 564 g/mol. The van der Waals surface area contributed by atoms with Crippen LogP contribution in [-0.2, 0) is 4.79 Å². The number of halogens is 6. The fraction of sp³-hybridized carbons (Fsp3) is 0.300. The third-order valence-corrected chi connectivity index (χ3v) is 6.84. The zero-order valence-electron chi connectivity index (χ0n) is 21.7. The zero-order valence-corrected chi connectivity index (χ0v) is 21.7. The molecule has 40 heavy (non-hydrogen) atoms. The van der Waals surface area contributed by atoms with Crippen molar-refractivity contribution < 1.29 is 45.7 Å². The molecule has 212 valence electrons. The van der Waals surface area contributed by atoms with Crippen LogP contribution in [0, 0.1) is 40.8 Å². The Morgan fingerprint density at radius 2 is 1.40 bits per heavy atom. The van der Waals surface area contributed by atoms with Crippen molar-refractivity contribution in [2.24, 2.45) is 5.92 Å². The van der Waals surface area contributed by atoms with Gasteiger partial charge in [0.1, 0.15) is 0 Å². The van der Waals surface area contributed by atoms with Gasteiger partial charge in [0.05, 0.1) is 18.6 Å². The van der Waals surface area contributed by atoms with Crippen LogP contribution in [0.2, 0.25) is 0 Å². The summed E-state index contributed by atoms with van der Waals surface area (Å²) in [5, 5.41) is 9.85. The molecule has 3 aromatic carbocycles. The lowest BCUT2D eigenvalue weighted by Crippen LogP contribution is -2.23. The van der Waals surface area contributed by atoms with Gasteiger partial charge in [-0.1, -0.05) is 25.1 Å². The number of ether oxygens (including phenoxy) is 2. The summed E-state index contributed by atoms with van der Waals surface area (Å²) < 4.78 is 97.5. The van der Waals surface area contributed by atoms with Crippen LogP contribution in [0.5, 0.6) is 11.5 Å². The number of aliphatic hydroxyl groups is 1. The molecule has 0 aromatic heterocycles. The minimum Gasteiger partial charge on any atom is -0.491 e. The average molecular weight is 565 g/mol. The van der Waals surface area contributed by atoms with E-state index in [1.807, 2.05) is 0 Å². The number of esters is 1. The molecule has 2 atom stereocenters. The maximum Gasteiger partial charge on any atom is 0.314 e. The first-order chi connectivity index (χ1) is 19.1. The molecule has 10 heteroatoms. The largest absolute Gasteiger partial charge is 0.491 e. The van der Waals surface area contributed by atoms with Crippen molar-refractivity contribution in [3.05, 3.63) is 88.5 Å². The molecule has 0 amide bonds. The summed E-state index contributed by atoms with van der Waals surface area (Å²) in [5.41, 5.74) is -0.783. The quantitative estimate of drug-likeness (QED) is 0.172. The number of carbonyl (C=O) groups excluding carboxylic acids is 1. The van der Waals surface area contributed by atoms with E-state index in [1.165, 1.54) is 12.1 Å². The van der Waals surface area contributed by atoms with Crippen molar-refractivity contribution in [1.29, 1.82) is 0 Å². The van der Waals surface area contributed by atoms with Crippen molar-refractivity contribution in [3.63, 3.8) is 0 Å². The molecule has 4 rings (SSSR count). The Bertz CT molecular complexity index is 1470. The number of aliphatic hydroxyl groups excluding tert-OH is 1. The average Bonchev–Trinajstić information content (AvgIpc) is 2.95. The normalized spacial score (nSPS) is 15.9. The van der Waals surface area contributed by atoms with Gasteiger partial charge >= 0.3 is 5.97 Å². The van der Waals surface area contributed by atoms with E-state index in [0.717, 1.165) is 24.3 Å². The summed E-state index contributed by atoms with van der Waals surface area (Å²) in [4.78, 5) is 12.7. The Morgan fingerprint density at radius 3 is 1.98 bits per heavy atom. The van der Waals surface area contributed by atoms with Gasteiger partial charge in [-0.15, -0.1) is 0 Å². The molecule has 0 aliphatic heterocycles. The highest BCUT2D eigenvalue weighted by atomic mass is 19.2. The van der Waals surface area contributed by atoms with E-state index in [-0.39, 0.29) is 49.2 Å². The van der Waals surface area contributed by atoms with Crippen LogP contribution in [0.3, 0.4) is 0 Å². The zero-order chi connectivity index (χ0) is 29.1. The summed E-state index contributed by atoms with van der Waals surface area (Å²) in [6.45, 7) is 3.28. The summed E-state index contributed by atoms with van der Waals surface area (Å²) in [6, 6.07) is 6.74. The molecule has 4 nitrogen and oxygen atoms in total. The Labute approximate surface area is 226 Å². The molecule has 3 aromatic rings. The number of carbonyl (C=O) groups is 1. The lowest BCUT2D eigenvalue weighted by molar-refractivity contribution is -0.139. The van der Waals surface area contributed by atoms with E-state index in [9.17, 15) is 36.2 Å². The minimum absolute atomic E-state index is 0.0121. The Balaban J connectivity index is 1.49. The van der Waals surface area contributed by atoms with Crippen LogP contribution in [0.4, 0.5) is 26.3 Å². The number of allylic oxidation sites excluding steroid dienone is 2. The minimum atomic E-state index is -1.56. The molecule has 1 N–H and O–H groups in total. The van der Waals surface area contributed by atoms with Gasteiger partial charge in [0.25, 0.3) is 0 Å². The highest BCUT2D eigenvalue weighted by Crippen LogP contribution is 2.37. The van der Waals surface area contributed by atoms with Crippen molar-refractivity contribution in [2.75, 3.05) is 6.61 Å². The molecule has 0 bridgehead atoms. The predicted octanol–water partition coefficient (Wildman–Crippen LogP) is 7.82. The molecule has 0 fully saturated rings. The summed E-state index contributed by atoms with van der Waals surface area (Å²) in [7, 11) is 0. The fourth-order valence-corrected chi connectivity index (χ4v) is 4.60. The molecule has 2 unspecified atom stereocenters. The maximum absolute atomic E-state index is 14.8. The second kappa shape index (κ2) is 12.2. The van der Waals surface area contributed by atoms with Crippen LogP contribution >= 0.6 is 0 Å². The van der Waals surface area contributed by atoms with Gasteiger partial charge in [-0.25, -0.2) is 17.6 Å². The fourth-order valence-electron chi connectivity index (χ4n) is 4.60. The van der Waals surface area contributed by atoms with Crippen molar-refractivity contribution in [3.8, 4) is 22.6 Å². The molecule has 1 aliphatic carbocycles. The van der Waals surface area contributed by atoms with Gasteiger partial charge in [-0.05, 0) is 62.4 Å². The van der Waals surface area contributed by atoms with E-state index in [1.54, 1.807) is 19.9 Å². The summed E-state index contributed by atoms with van der Waals surface area (Å²) >= 11 is 0. The van der Waals surface area contributed by atoms with Crippen molar-refractivity contribution in [1.82, 2.24) is 0 Å². The third kappa shape index (κ3) is 5.58. The van der Waals surface area contributed by atoms with Gasteiger partial charge < -0.3 is 14.6 Å². The van der Waals surface area contributed by atoms with Gasteiger partial charge in [0, 0.05) is 22.3 Å². The molecule has 0 heterocycles. The van der Waals surface area contributed by atoms with E-state index in [2.05, 4.69) is 0 Å². The second-order valence-electron chi connectivity index (χ2n) is 9.29. The molecule has 0 saturated heterocycles. The standard InChI is InChI=1S/C30H26F6O4/c1-3-21(37)20-10-9-17(24(31)27(20)34)15-5-7-16(8-6-15)30(38)40-23-14-12-19(26(33)29(23)36)18-11-13-22(39-4-2)28(35)25(18)32/h5,9-14,16,21,37H,3-4,6-8H2,1-2H3. The molecule has 0 saturated carbocycles. The summed E-state index contributed by atoms with van der Waals surface area (Å²) in [6.07, 6.45) is 1.06. The van der Waals surface area contributed by atoms with Gasteiger partial charge in [0.15, 0.2) is 34.8 Å². The van der Waals surface area contributed by atoms with Crippen LogP contribution in [0.15, 0.2) is 42.5 Å². The molecule has 0 spiro atoms. The van der Waals surface area contributed by atoms with E-state index < -0.39 is 69.8 Å². The predicted molar refractivity (Wildman–Crippen MR) is 135 cm³/mol. The SMILES string of the molecule is CCOc1ccc(-c2ccc(OC(=O)C3CC=C(c4ccc(C(O)CC)c(F)c4F)CC3)c(F)c2F)c(F)c1F.